The van der Waals surface area contributed by atoms with Crippen molar-refractivity contribution in [3.63, 3.8) is 0 Å². The predicted octanol–water partition coefficient (Wildman–Crippen LogP) is 3.91. The zero-order valence-electron chi connectivity index (χ0n) is 11.8. The minimum Gasteiger partial charge on any atom is -0.405 e. The summed E-state index contributed by atoms with van der Waals surface area (Å²) in [7, 11) is 0. The van der Waals surface area contributed by atoms with Crippen LogP contribution < -0.4 is 4.74 Å². The molecule has 5 nitrogen and oxygen atoms in total. The number of halogens is 3. The van der Waals surface area contributed by atoms with Gasteiger partial charge in [-0.2, -0.15) is 5.10 Å². The van der Waals surface area contributed by atoms with Gasteiger partial charge >= 0.3 is 6.36 Å². The van der Waals surface area contributed by atoms with Crippen LogP contribution in [0.15, 0.2) is 30.5 Å². The number of nitrogens with one attached hydrogen (secondary N) is 1. The molecule has 0 aliphatic carbocycles. The van der Waals surface area contributed by atoms with E-state index in [2.05, 4.69) is 19.8 Å². The van der Waals surface area contributed by atoms with Gasteiger partial charge in [-0.1, -0.05) is 12.1 Å². The van der Waals surface area contributed by atoms with Crippen LogP contribution in [0.3, 0.4) is 0 Å². The van der Waals surface area contributed by atoms with Gasteiger partial charge in [0.1, 0.15) is 17.1 Å². The van der Waals surface area contributed by atoms with E-state index in [-0.39, 0.29) is 17.4 Å². The molecule has 0 bridgehead atoms. The van der Waals surface area contributed by atoms with Gasteiger partial charge in [0.05, 0.1) is 11.8 Å². The molecular weight excluding hydrogens is 297 g/mol. The van der Waals surface area contributed by atoms with E-state index in [1.807, 2.05) is 13.8 Å². The molecule has 8 heteroatoms. The minimum atomic E-state index is -4.75. The molecule has 0 saturated heterocycles. The first-order valence-corrected chi connectivity index (χ1v) is 6.63. The van der Waals surface area contributed by atoms with Crippen molar-refractivity contribution in [1.82, 2.24) is 19.7 Å². The molecule has 3 aromatic rings. The van der Waals surface area contributed by atoms with E-state index < -0.39 is 6.36 Å². The molecular formula is C14H13F3N4O. The van der Waals surface area contributed by atoms with Gasteiger partial charge in [0.25, 0.3) is 0 Å². The van der Waals surface area contributed by atoms with Gasteiger partial charge < -0.3 is 9.72 Å². The fraction of sp³-hybridized carbons (Fsp3) is 0.286. The zero-order chi connectivity index (χ0) is 15.9. The maximum absolute atomic E-state index is 12.5. The second-order valence-electron chi connectivity index (χ2n) is 5.05. The molecule has 116 valence electrons. The van der Waals surface area contributed by atoms with Crippen molar-refractivity contribution in [2.75, 3.05) is 0 Å². The number of H-pyrrole nitrogens is 1. The van der Waals surface area contributed by atoms with Crippen molar-refractivity contribution in [3.05, 3.63) is 30.5 Å². The third kappa shape index (κ3) is 2.63. The molecule has 2 aromatic heterocycles. The summed E-state index contributed by atoms with van der Waals surface area (Å²) < 4.78 is 43.2. The first-order valence-electron chi connectivity index (χ1n) is 6.63. The summed E-state index contributed by atoms with van der Waals surface area (Å²) in [6.45, 7) is 3.89. The molecule has 1 N–H and O–H groups in total. The quantitative estimate of drug-likeness (QED) is 0.798. The van der Waals surface area contributed by atoms with Crippen molar-refractivity contribution < 1.29 is 17.9 Å². The van der Waals surface area contributed by atoms with E-state index in [4.69, 9.17) is 0 Å². The van der Waals surface area contributed by atoms with E-state index in [9.17, 15) is 13.2 Å². The lowest BCUT2D eigenvalue weighted by Crippen LogP contribution is -2.17. The van der Waals surface area contributed by atoms with Crippen molar-refractivity contribution in [1.29, 1.82) is 0 Å². The highest BCUT2D eigenvalue weighted by Crippen LogP contribution is 2.33. The van der Waals surface area contributed by atoms with Crippen LogP contribution in [0, 0.1) is 0 Å². The Balaban J connectivity index is 2.08. The largest absolute Gasteiger partial charge is 0.573 e. The fourth-order valence-electron chi connectivity index (χ4n) is 2.20. The van der Waals surface area contributed by atoms with Gasteiger partial charge in [-0.25, -0.2) is 9.67 Å². The number of rotatable bonds is 3. The molecule has 0 spiro atoms. The van der Waals surface area contributed by atoms with Crippen molar-refractivity contribution in [3.8, 4) is 17.1 Å². The van der Waals surface area contributed by atoms with Crippen LogP contribution in [0.4, 0.5) is 13.2 Å². The Labute approximate surface area is 123 Å². The molecule has 0 saturated carbocycles. The Morgan fingerprint density at radius 3 is 2.64 bits per heavy atom. The summed E-state index contributed by atoms with van der Waals surface area (Å²) in [6, 6.07) is 5.97. The van der Waals surface area contributed by atoms with Crippen LogP contribution in [0.2, 0.25) is 0 Å². The lowest BCUT2D eigenvalue weighted by atomic mass is 10.2. The number of alkyl halides is 3. The van der Waals surface area contributed by atoms with Crippen LogP contribution in [-0.4, -0.2) is 26.1 Å². The molecule has 1 aromatic carbocycles. The van der Waals surface area contributed by atoms with Crippen molar-refractivity contribution in [2.45, 2.75) is 26.3 Å². The molecule has 2 heterocycles. The second kappa shape index (κ2) is 5.04. The molecule has 0 radical (unpaired) electrons. The minimum absolute atomic E-state index is 0.0929. The summed E-state index contributed by atoms with van der Waals surface area (Å²) in [5.41, 5.74) is 1.49. The number of benzene rings is 1. The zero-order valence-corrected chi connectivity index (χ0v) is 11.8. The maximum atomic E-state index is 12.5. The van der Waals surface area contributed by atoms with Crippen molar-refractivity contribution in [2.24, 2.45) is 0 Å². The number of para-hydroxylation sites is 1. The number of nitrogens with zero attached hydrogens (tertiary/aromatic N) is 3. The van der Waals surface area contributed by atoms with Gasteiger partial charge in [-0.3, -0.25) is 0 Å². The lowest BCUT2D eigenvalue weighted by Gasteiger charge is -2.11. The highest BCUT2D eigenvalue weighted by Gasteiger charge is 2.32. The molecule has 0 unspecified atom stereocenters. The standard InChI is InChI=1S/C14H13F3N4O/c1-8(2)21-13-10(7-18-21)19-12(20-13)9-5-3-4-6-11(9)22-14(15,16)17/h3-8H,1-2H3,(H,19,20). The third-order valence-corrected chi connectivity index (χ3v) is 3.10. The Morgan fingerprint density at radius 2 is 1.95 bits per heavy atom. The number of hydrogen-bond donors (Lipinski definition) is 1. The van der Waals surface area contributed by atoms with E-state index in [0.29, 0.717) is 17.0 Å². The number of imidazole rings is 1. The number of aromatic amines is 1. The van der Waals surface area contributed by atoms with Crippen LogP contribution in [-0.2, 0) is 0 Å². The Bertz CT molecular complexity index is 804. The smallest absolute Gasteiger partial charge is 0.405 e. The van der Waals surface area contributed by atoms with E-state index in [1.54, 1.807) is 16.9 Å². The average molecular weight is 310 g/mol. The SMILES string of the molecule is CC(C)n1ncc2[nH]c(-c3ccccc3OC(F)(F)F)nc21. The normalized spacial score (nSPS) is 12.3. The van der Waals surface area contributed by atoms with Crippen molar-refractivity contribution >= 4 is 11.2 Å². The summed E-state index contributed by atoms with van der Waals surface area (Å²) in [5.74, 6) is 0.0112. The summed E-state index contributed by atoms with van der Waals surface area (Å²) in [6.07, 6.45) is -3.16. The molecule has 22 heavy (non-hydrogen) atoms. The third-order valence-electron chi connectivity index (χ3n) is 3.10. The van der Waals surface area contributed by atoms with Crippen LogP contribution in [0.1, 0.15) is 19.9 Å². The second-order valence-corrected chi connectivity index (χ2v) is 5.05. The van der Waals surface area contributed by atoms with Crippen LogP contribution >= 0.6 is 0 Å². The Kier molecular flexibility index (Phi) is 3.31. The Hall–Kier alpha value is -2.51. The molecule has 0 atom stereocenters. The predicted molar refractivity (Wildman–Crippen MR) is 74.4 cm³/mol. The van der Waals surface area contributed by atoms with E-state index in [1.165, 1.54) is 18.2 Å². The monoisotopic (exact) mass is 310 g/mol. The maximum Gasteiger partial charge on any atom is 0.573 e. The molecule has 0 amide bonds. The summed E-state index contributed by atoms with van der Waals surface area (Å²) in [5, 5.41) is 4.18. The van der Waals surface area contributed by atoms with Gasteiger partial charge in [0, 0.05) is 6.04 Å². The van der Waals surface area contributed by atoms with Gasteiger partial charge in [-0.15, -0.1) is 13.2 Å². The van der Waals surface area contributed by atoms with Gasteiger partial charge in [0.15, 0.2) is 5.65 Å². The fourth-order valence-corrected chi connectivity index (χ4v) is 2.20. The van der Waals surface area contributed by atoms with Crippen LogP contribution in [0.5, 0.6) is 5.75 Å². The number of fused-ring (bicyclic) bond motifs is 1. The topological polar surface area (TPSA) is 55.7 Å². The average Bonchev–Trinajstić information content (AvgIpc) is 2.96. The van der Waals surface area contributed by atoms with Crippen LogP contribution in [0.25, 0.3) is 22.6 Å². The van der Waals surface area contributed by atoms with E-state index in [0.717, 1.165) is 0 Å². The first-order chi connectivity index (χ1) is 10.3. The summed E-state index contributed by atoms with van der Waals surface area (Å²) in [4.78, 5) is 7.32. The van der Waals surface area contributed by atoms with E-state index >= 15 is 0 Å². The number of ether oxygens (including phenoxy) is 1. The molecule has 0 aliphatic rings. The lowest BCUT2D eigenvalue weighted by molar-refractivity contribution is -0.274. The van der Waals surface area contributed by atoms with Gasteiger partial charge in [0.2, 0.25) is 0 Å². The summed E-state index contributed by atoms with van der Waals surface area (Å²) >= 11 is 0. The highest BCUT2D eigenvalue weighted by atomic mass is 19.4. The Morgan fingerprint density at radius 1 is 1.23 bits per heavy atom. The molecule has 0 fully saturated rings. The highest BCUT2D eigenvalue weighted by molar-refractivity contribution is 5.77. The number of aromatic nitrogens is 4. The first kappa shape index (κ1) is 14.4. The molecule has 0 aliphatic heterocycles. The number of hydrogen-bond acceptors (Lipinski definition) is 3. The van der Waals surface area contributed by atoms with Gasteiger partial charge in [-0.05, 0) is 26.0 Å². The molecule has 3 rings (SSSR count).